The molecule has 1 heterocycles. The maximum Gasteiger partial charge on any atom is 0.293 e. The van der Waals surface area contributed by atoms with Gasteiger partial charge in [-0.25, -0.2) is 0 Å². The van der Waals surface area contributed by atoms with Gasteiger partial charge in [0, 0.05) is 21.7 Å². The third kappa shape index (κ3) is 4.11. The number of carbonyl (C=O) groups excluding carboxylic acids is 2. The zero-order valence-electron chi connectivity index (χ0n) is 13.3. The molecule has 0 atom stereocenters. The van der Waals surface area contributed by atoms with E-state index in [1.54, 1.807) is 18.2 Å². The highest BCUT2D eigenvalue weighted by Gasteiger charge is 2.35. The van der Waals surface area contributed by atoms with Crippen molar-refractivity contribution in [1.29, 1.82) is 0 Å². The van der Waals surface area contributed by atoms with E-state index < -0.39 is 16.1 Å². The summed E-state index contributed by atoms with van der Waals surface area (Å²) >= 11 is 18.7. The molecule has 0 spiro atoms. The number of benzene rings is 2. The lowest BCUT2D eigenvalue weighted by atomic mass is 10.1. The molecule has 27 heavy (non-hydrogen) atoms. The van der Waals surface area contributed by atoms with Crippen molar-refractivity contribution >= 4 is 69.5 Å². The highest BCUT2D eigenvalue weighted by atomic mass is 35.5. The molecule has 1 aliphatic rings. The van der Waals surface area contributed by atoms with E-state index in [0.717, 1.165) is 16.7 Å². The Bertz CT molecular complexity index is 989. The Morgan fingerprint density at radius 2 is 1.74 bits per heavy atom. The number of thioether (sulfide) groups is 1. The van der Waals surface area contributed by atoms with E-state index in [4.69, 9.17) is 34.8 Å². The van der Waals surface area contributed by atoms with Crippen molar-refractivity contribution in [1.82, 2.24) is 4.90 Å². The van der Waals surface area contributed by atoms with Crippen LogP contribution in [0.5, 0.6) is 0 Å². The van der Waals surface area contributed by atoms with Crippen molar-refractivity contribution in [2.75, 3.05) is 0 Å². The van der Waals surface area contributed by atoms with Gasteiger partial charge in [-0.15, -0.1) is 0 Å². The number of nitro groups is 1. The largest absolute Gasteiger partial charge is 0.293 e. The van der Waals surface area contributed by atoms with Crippen LogP contribution in [0, 0.1) is 10.1 Å². The molecule has 0 unspecified atom stereocenters. The van der Waals surface area contributed by atoms with E-state index in [9.17, 15) is 19.7 Å². The Morgan fingerprint density at radius 3 is 2.37 bits per heavy atom. The number of carbonyl (C=O) groups is 2. The van der Waals surface area contributed by atoms with Gasteiger partial charge >= 0.3 is 0 Å². The molecule has 1 fully saturated rings. The summed E-state index contributed by atoms with van der Waals surface area (Å²) in [6.07, 6.45) is 1.41. The predicted molar refractivity (Wildman–Crippen MR) is 106 cm³/mol. The monoisotopic (exact) mass is 442 g/mol. The second-order valence-corrected chi connectivity index (χ2v) is 7.65. The lowest BCUT2D eigenvalue weighted by Crippen LogP contribution is -2.27. The predicted octanol–water partition coefficient (Wildman–Crippen LogP) is 5.79. The zero-order chi connectivity index (χ0) is 19.7. The van der Waals surface area contributed by atoms with E-state index in [1.165, 1.54) is 24.3 Å². The van der Waals surface area contributed by atoms with Crippen LogP contribution < -0.4 is 0 Å². The summed E-state index contributed by atoms with van der Waals surface area (Å²) in [5.74, 6) is -0.529. The van der Waals surface area contributed by atoms with Gasteiger partial charge in [0.05, 0.1) is 16.4 Å². The van der Waals surface area contributed by atoms with Crippen molar-refractivity contribution in [2.24, 2.45) is 0 Å². The van der Waals surface area contributed by atoms with Gasteiger partial charge in [-0.3, -0.25) is 24.6 Å². The molecule has 1 aliphatic heterocycles. The molecule has 1 saturated heterocycles. The molecule has 0 bridgehead atoms. The topological polar surface area (TPSA) is 80.5 Å². The average Bonchev–Trinajstić information content (AvgIpc) is 2.86. The Labute approximate surface area is 172 Å². The molecular formula is C17H9Cl3N2O4S. The van der Waals surface area contributed by atoms with Gasteiger partial charge in [0.25, 0.3) is 16.8 Å². The normalized spacial score (nSPS) is 15.7. The molecule has 3 rings (SSSR count). The van der Waals surface area contributed by atoms with Crippen LogP contribution in [-0.2, 0) is 11.3 Å². The molecule has 6 nitrogen and oxygen atoms in total. The van der Waals surface area contributed by atoms with Crippen molar-refractivity contribution in [3.63, 3.8) is 0 Å². The molecule has 2 aromatic rings. The van der Waals surface area contributed by atoms with Crippen molar-refractivity contribution in [3.8, 4) is 0 Å². The number of nitro benzene ring substituents is 1. The molecule has 0 aliphatic carbocycles. The lowest BCUT2D eigenvalue weighted by molar-refractivity contribution is -0.384. The minimum Gasteiger partial charge on any atom is -0.268 e. The van der Waals surface area contributed by atoms with Gasteiger partial charge < -0.3 is 0 Å². The second kappa shape index (κ2) is 7.90. The van der Waals surface area contributed by atoms with Crippen molar-refractivity contribution < 1.29 is 14.5 Å². The van der Waals surface area contributed by atoms with Crippen LogP contribution in [0.25, 0.3) is 6.08 Å². The third-order valence-electron chi connectivity index (χ3n) is 3.72. The maximum atomic E-state index is 12.6. The summed E-state index contributed by atoms with van der Waals surface area (Å²) in [4.78, 5) is 36.4. The van der Waals surface area contributed by atoms with Gasteiger partial charge in [-0.05, 0) is 41.6 Å². The molecule has 2 aromatic carbocycles. The molecule has 0 aromatic heterocycles. The fraction of sp³-hybridized carbons (Fsp3) is 0.0588. The number of imide groups is 1. The van der Waals surface area contributed by atoms with Crippen LogP contribution in [0.15, 0.2) is 41.3 Å². The van der Waals surface area contributed by atoms with Crippen LogP contribution >= 0.6 is 46.6 Å². The van der Waals surface area contributed by atoms with E-state index in [1.807, 2.05) is 0 Å². The first-order valence-electron chi connectivity index (χ1n) is 7.40. The fourth-order valence-electron chi connectivity index (χ4n) is 2.39. The van der Waals surface area contributed by atoms with E-state index >= 15 is 0 Å². The minimum absolute atomic E-state index is 0.0152. The van der Waals surface area contributed by atoms with Crippen molar-refractivity contribution in [3.05, 3.63) is 77.6 Å². The summed E-state index contributed by atoms with van der Waals surface area (Å²) in [7, 11) is 0. The van der Waals surface area contributed by atoms with Crippen LogP contribution in [0.2, 0.25) is 15.1 Å². The average molecular weight is 444 g/mol. The Morgan fingerprint density at radius 1 is 1.07 bits per heavy atom. The summed E-state index contributed by atoms with van der Waals surface area (Å²) in [5.41, 5.74) is 0.561. The van der Waals surface area contributed by atoms with Crippen LogP contribution in [-0.4, -0.2) is 21.0 Å². The maximum absolute atomic E-state index is 12.6. The number of rotatable bonds is 4. The standard InChI is InChI=1S/C17H9Cl3N2O4S/c18-11-2-1-3-12(19)10(11)8-21-16(23)15(27-17(21)24)7-9-4-5-13(20)14(6-9)22(25)26/h1-7H,8H2/b15-7-. The van der Waals surface area contributed by atoms with Gasteiger partial charge in [-0.2, -0.15) is 0 Å². The highest BCUT2D eigenvalue weighted by molar-refractivity contribution is 8.18. The van der Waals surface area contributed by atoms with E-state index in [-0.39, 0.29) is 22.2 Å². The van der Waals surface area contributed by atoms with Crippen LogP contribution in [0.4, 0.5) is 10.5 Å². The quantitative estimate of drug-likeness (QED) is 0.339. The van der Waals surface area contributed by atoms with Crippen molar-refractivity contribution in [2.45, 2.75) is 6.54 Å². The molecule has 138 valence electrons. The lowest BCUT2D eigenvalue weighted by Gasteiger charge is -2.14. The smallest absolute Gasteiger partial charge is 0.268 e. The van der Waals surface area contributed by atoms with Gasteiger partial charge in [0.2, 0.25) is 0 Å². The summed E-state index contributed by atoms with van der Waals surface area (Å²) in [6, 6.07) is 9.01. The third-order valence-corrected chi connectivity index (χ3v) is 5.65. The number of hydrogen-bond donors (Lipinski definition) is 0. The van der Waals surface area contributed by atoms with E-state index in [2.05, 4.69) is 0 Å². The first-order valence-corrected chi connectivity index (χ1v) is 9.35. The molecule has 2 amide bonds. The molecular weight excluding hydrogens is 435 g/mol. The van der Waals surface area contributed by atoms with Gasteiger partial charge in [-0.1, -0.05) is 46.9 Å². The number of hydrogen-bond acceptors (Lipinski definition) is 5. The highest BCUT2D eigenvalue weighted by Crippen LogP contribution is 2.36. The summed E-state index contributed by atoms with van der Waals surface area (Å²) in [6.45, 7) is -0.0682. The fourth-order valence-corrected chi connectivity index (χ4v) is 3.93. The number of halogens is 3. The van der Waals surface area contributed by atoms with Gasteiger partial charge in [0.1, 0.15) is 5.02 Å². The zero-order valence-corrected chi connectivity index (χ0v) is 16.4. The molecule has 0 radical (unpaired) electrons. The number of nitrogens with zero attached hydrogens (tertiary/aromatic N) is 2. The molecule has 0 N–H and O–H groups in total. The first kappa shape index (κ1) is 19.7. The minimum atomic E-state index is -0.620. The van der Waals surface area contributed by atoms with Crippen LogP contribution in [0.1, 0.15) is 11.1 Å². The SMILES string of the molecule is O=C1S/C(=C\c2ccc(Cl)c([N+](=O)[O-])c2)C(=O)N1Cc1c(Cl)cccc1Cl. The number of amides is 2. The summed E-state index contributed by atoms with van der Waals surface area (Å²) < 4.78 is 0. The Kier molecular flexibility index (Phi) is 5.76. The second-order valence-electron chi connectivity index (χ2n) is 5.44. The molecule has 0 saturated carbocycles. The van der Waals surface area contributed by atoms with E-state index in [0.29, 0.717) is 21.2 Å². The molecule has 10 heteroatoms. The Balaban J connectivity index is 1.89. The van der Waals surface area contributed by atoms with Crippen LogP contribution in [0.3, 0.4) is 0 Å². The Hall–Kier alpha value is -2.06. The summed E-state index contributed by atoms with van der Waals surface area (Å²) in [5, 5.41) is 11.2. The first-order chi connectivity index (χ1) is 12.8. The van der Waals surface area contributed by atoms with Gasteiger partial charge in [0.15, 0.2) is 0 Å².